The summed E-state index contributed by atoms with van der Waals surface area (Å²) < 4.78 is 185. The Kier molecular flexibility index (Phi) is 16.8. The molecule has 0 fully saturated rings. The van der Waals surface area contributed by atoms with E-state index < -0.39 is 80.5 Å². The van der Waals surface area contributed by atoms with Crippen molar-refractivity contribution in [3.8, 4) is 0 Å². The van der Waals surface area contributed by atoms with Gasteiger partial charge in [0.15, 0.2) is 68.9 Å². The van der Waals surface area contributed by atoms with Gasteiger partial charge in [0.25, 0.3) is 0 Å². The average Bonchev–Trinajstić information content (AvgIpc) is 3.31. The van der Waals surface area contributed by atoms with E-state index in [-0.39, 0.29) is 68.2 Å². The van der Waals surface area contributed by atoms with Gasteiger partial charge in [0.2, 0.25) is 0 Å². The van der Waals surface area contributed by atoms with Crippen LogP contribution in [0, 0.1) is 5.92 Å². The second-order valence-electron chi connectivity index (χ2n) is 19.5. The third-order valence-corrected chi connectivity index (χ3v) is 23.4. The molecule has 400 valence electrons. The molecule has 14 nitrogen and oxygen atoms in total. The second kappa shape index (κ2) is 22.6. The minimum Gasteiger partial charge on any atom is -0.228 e. The van der Waals surface area contributed by atoms with Gasteiger partial charge in [-0.15, -0.1) is 0 Å². The maximum Gasteiger partial charge on any atom is 0.182 e. The van der Waals surface area contributed by atoms with Gasteiger partial charge in [-0.2, -0.15) is 0 Å². The second-order valence-corrected chi connectivity index (χ2v) is 33.7. The molecule has 0 spiro atoms. The number of fused-ring (bicyclic) bond motifs is 6. The summed E-state index contributed by atoms with van der Waals surface area (Å²) in [6.07, 6.45) is 6.28. The summed E-state index contributed by atoms with van der Waals surface area (Å²) in [6, 6.07) is 36.5. The zero-order chi connectivity index (χ0) is 54.6. The van der Waals surface area contributed by atoms with Crippen LogP contribution >= 0.6 is 0 Å². The van der Waals surface area contributed by atoms with Crippen LogP contribution in [0.3, 0.4) is 0 Å². The molecular weight excluding hydrogens is 1110 g/mol. The molecule has 8 heterocycles. The van der Waals surface area contributed by atoms with Gasteiger partial charge in [-0.05, 0) is 78.9 Å². The molecular formula is C55H54O14S7. The van der Waals surface area contributed by atoms with Gasteiger partial charge in [0.1, 0.15) is 0 Å². The zero-order valence-corrected chi connectivity index (χ0v) is 46.6. The molecule has 6 aromatic carbocycles. The third kappa shape index (κ3) is 16.8. The first-order valence-corrected chi connectivity index (χ1v) is 36.1. The Morgan fingerprint density at radius 3 is 0.763 bits per heavy atom. The van der Waals surface area contributed by atoms with Crippen molar-refractivity contribution in [3.63, 3.8) is 0 Å². The maximum atomic E-state index is 13.4. The predicted octanol–water partition coefficient (Wildman–Crippen LogP) is 7.59. The summed E-state index contributed by atoms with van der Waals surface area (Å²) in [4.78, 5) is -0.0311. The van der Waals surface area contributed by atoms with Gasteiger partial charge in [-0.1, -0.05) is 158 Å². The lowest BCUT2D eigenvalue weighted by atomic mass is 10.0. The van der Waals surface area contributed by atoms with E-state index in [1.54, 1.807) is 109 Å². The highest BCUT2D eigenvalue weighted by atomic mass is 32.2. The minimum atomic E-state index is -3.89. The molecule has 0 saturated heterocycles. The van der Waals surface area contributed by atoms with Crippen LogP contribution in [0.2, 0.25) is 0 Å². The average molecular weight is 1160 g/mol. The summed E-state index contributed by atoms with van der Waals surface area (Å²) in [5.74, 6) is -4.55. The zero-order valence-electron chi connectivity index (χ0n) is 40.9. The topological polar surface area (TPSA) is 239 Å². The molecule has 1 aliphatic carbocycles. The highest BCUT2D eigenvalue weighted by molar-refractivity contribution is 7.93. The number of allylic oxidation sites excluding steroid dienone is 5. The number of sulfone groups is 7. The Labute approximate surface area is 446 Å². The standard InChI is InChI=1S/C55H54O14S7/c56-70(57)29-42-1-3-43(4-2-42)30-71(58,59)32-45-9-11-47(12-10-45)34-73(62,63)36-49-17-19-51(20-18-49)38-75(66,67)40-53-25-27-55(28-26-53)76(68,69)41-54-23-21-52(22-24-54)39-74(64,65)37-50-15-13-48(14-16-50)35-72(60,61)33-46-7-5-44(31-70)6-8-46/h1-28,32,47H,29-31,33-41H2. The Hall–Kier alpha value is -5.81. The fourth-order valence-electron chi connectivity index (χ4n) is 8.86. The molecule has 0 radical (unpaired) electrons. The van der Waals surface area contributed by atoms with Crippen molar-refractivity contribution in [3.05, 3.63) is 242 Å². The van der Waals surface area contributed by atoms with Crippen molar-refractivity contribution < 1.29 is 58.9 Å². The summed E-state index contributed by atoms with van der Waals surface area (Å²) in [7, 11) is -26.2. The monoisotopic (exact) mass is 1160 g/mol. The van der Waals surface area contributed by atoms with Gasteiger partial charge in [0, 0.05) is 11.3 Å². The van der Waals surface area contributed by atoms with Crippen molar-refractivity contribution in [1.82, 2.24) is 0 Å². The van der Waals surface area contributed by atoms with Crippen molar-refractivity contribution in [2.45, 2.75) is 68.2 Å². The van der Waals surface area contributed by atoms with E-state index in [1.807, 2.05) is 0 Å². The van der Waals surface area contributed by atoms with E-state index in [1.165, 1.54) is 60.7 Å². The van der Waals surface area contributed by atoms with Gasteiger partial charge in [-0.25, -0.2) is 58.9 Å². The summed E-state index contributed by atoms with van der Waals surface area (Å²) in [5.41, 5.74) is 5.08. The molecule has 14 bridgehead atoms. The maximum absolute atomic E-state index is 13.4. The normalized spacial score (nSPS) is 21.3. The Morgan fingerprint density at radius 2 is 0.487 bits per heavy atom. The smallest absolute Gasteiger partial charge is 0.182 e. The van der Waals surface area contributed by atoms with Crippen LogP contribution in [0.5, 0.6) is 0 Å². The first-order valence-electron chi connectivity index (χ1n) is 23.7. The summed E-state index contributed by atoms with van der Waals surface area (Å²) >= 11 is 0. The fraction of sp³-hybridized carbons (Fsp3) is 0.236. The van der Waals surface area contributed by atoms with Crippen LogP contribution < -0.4 is 0 Å². The van der Waals surface area contributed by atoms with Crippen LogP contribution in [-0.4, -0.2) is 64.7 Å². The van der Waals surface area contributed by atoms with E-state index in [0.717, 1.165) is 5.41 Å². The quantitative estimate of drug-likeness (QED) is 0.142. The van der Waals surface area contributed by atoms with E-state index >= 15 is 0 Å². The molecule has 0 saturated carbocycles. The van der Waals surface area contributed by atoms with Crippen LogP contribution in [0.25, 0.3) is 0 Å². The molecule has 6 aromatic rings. The molecule has 0 atom stereocenters. The van der Waals surface area contributed by atoms with Crippen molar-refractivity contribution in [2.24, 2.45) is 5.92 Å². The number of benzene rings is 6. The molecule has 76 heavy (non-hydrogen) atoms. The molecule has 9 aliphatic rings. The number of hydrogen-bond donors (Lipinski definition) is 0. The lowest BCUT2D eigenvalue weighted by Crippen LogP contribution is -2.16. The summed E-state index contributed by atoms with van der Waals surface area (Å²) in [6.45, 7) is 0. The minimum absolute atomic E-state index is 0.0311. The molecule has 0 aromatic heterocycles. The van der Waals surface area contributed by atoms with Gasteiger partial charge >= 0.3 is 0 Å². The van der Waals surface area contributed by atoms with E-state index in [0.29, 0.717) is 66.8 Å². The van der Waals surface area contributed by atoms with Gasteiger partial charge in [-0.3, -0.25) is 0 Å². The third-order valence-electron chi connectivity index (χ3n) is 12.4. The number of hydrogen-bond acceptors (Lipinski definition) is 14. The first kappa shape index (κ1) is 56.4. The molecule has 21 heteroatoms. The van der Waals surface area contributed by atoms with Crippen LogP contribution in [0.15, 0.2) is 186 Å². The van der Waals surface area contributed by atoms with Crippen LogP contribution in [-0.2, 0) is 132 Å². The van der Waals surface area contributed by atoms with Crippen molar-refractivity contribution in [2.75, 3.05) is 5.75 Å². The molecule has 0 amide bonds. The molecule has 0 unspecified atom stereocenters. The Morgan fingerprint density at radius 1 is 0.263 bits per heavy atom. The molecule has 0 N–H and O–H groups in total. The van der Waals surface area contributed by atoms with Crippen molar-refractivity contribution in [1.29, 1.82) is 0 Å². The molecule has 8 aliphatic heterocycles. The Bertz CT molecular complexity index is 4000. The highest BCUT2D eigenvalue weighted by Gasteiger charge is 2.23. The van der Waals surface area contributed by atoms with Crippen LogP contribution in [0.1, 0.15) is 61.2 Å². The fourth-order valence-corrected chi connectivity index (χ4v) is 19.2. The largest absolute Gasteiger partial charge is 0.228 e. The van der Waals surface area contributed by atoms with Gasteiger partial charge < -0.3 is 0 Å². The predicted molar refractivity (Wildman–Crippen MR) is 295 cm³/mol. The van der Waals surface area contributed by atoms with E-state index in [2.05, 4.69) is 0 Å². The SMILES string of the molecule is O=S1(=O)C=C2C=CC(C=C2)CS(=O)(=O)Cc2ccc(cc2)CS(=O)(=O)Cc2ccc(cc2)S(=O)(=O)Cc2ccc(cc2)CS(=O)(=O)Cc2ccc(cc2)CS(=O)(=O)Cc2ccc(cc2)CS(=O)(=O)Cc2ccc(cc2)C1. The first-order chi connectivity index (χ1) is 35.6. The highest BCUT2D eigenvalue weighted by Crippen LogP contribution is 2.25. The van der Waals surface area contributed by atoms with Gasteiger partial charge in [0.05, 0.1) is 73.9 Å². The lowest BCUT2D eigenvalue weighted by Gasteiger charge is -2.13. The lowest BCUT2D eigenvalue weighted by molar-refractivity contribution is 0.589. The summed E-state index contributed by atoms with van der Waals surface area (Å²) in [5, 5.41) is 1.09. The van der Waals surface area contributed by atoms with E-state index in [9.17, 15) is 58.9 Å². The van der Waals surface area contributed by atoms with Crippen LogP contribution in [0.4, 0.5) is 0 Å². The van der Waals surface area contributed by atoms with E-state index in [4.69, 9.17) is 0 Å². The number of rotatable bonds is 0. The molecule has 15 rings (SSSR count). The Balaban J connectivity index is 0.970. The van der Waals surface area contributed by atoms with Crippen molar-refractivity contribution >= 4 is 68.9 Å².